The molecule has 32 heavy (non-hydrogen) atoms. The van der Waals surface area contributed by atoms with Crippen LogP contribution >= 0.6 is 0 Å². The van der Waals surface area contributed by atoms with Gasteiger partial charge in [-0.05, 0) is 43.2 Å². The second-order valence-corrected chi connectivity index (χ2v) is 7.78. The van der Waals surface area contributed by atoms with Gasteiger partial charge in [-0.2, -0.15) is 4.98 Å². The Bertz CT molecular complexity index is 1240. The van der Waals surface area contributed by atoms with Gasteiger partial charge in [0.2, 0.25) is 11.7 Å². The van der Waals surface area contributed by atoms with Gasteiger partial charge in [0.25, 0.3) is 5.91 Å². The third-order valence-electron chi connectivity index (χ3n) is 5.59. The summed E-state index contributed by atoms with van der Waals surface area (Å²) in [5.74, 6) is 0.459. The molecule has 0 radical (unpaired) electrons. The first-order valence-corrected chi connectivity index (χ1v) is 9.98. The van der Waals surface area contributed by atoms with Crippen molar-refractivity contribution in [1.82, 2.24) is 20.4 Å². The Morgan fingerprint density at radius 1 is 1.12 bits per heavy atom. The number of amides is 3. The number of halogens is 1. The molecule has 1 unspecified atom stereocenters. The van der Waals surface area contributed by atoms with Gasteiger partial charge in [0.15, 0.2) is 11.5 Å². The number of rotatable bonds is 4. The van der Waals surface area contributed by atoms with E-state index in [-0.39, 0.29) is 18.3 Å². The highest BCUT2D eigenvalue weighted by Crippen LogP contribution is 2.37. The number of urea groups is 1. The molecule has 3 amide bonds. The molecule has 3 heterocycles. The topological polar surface area (TPSA) is 107 Å². The zero-order valence-corrected chi connectivity index (χ0v) is 17.3. The number of carbonyl (C=O) groups is 2. The molecule has 0 aliphatic carbocycles. The predicted molar refractivity (Wildman–Crippen MR) is 108 cm³/mol. The smallest absolute Gasteiger partial charge is 0.325 e. The van der Waals surface area contributed by atoms with Crippen LogP contribution < -0.4 is 14.8 Å². The Labute approximate surface area is 182 Å². The second kappa shape index (κ2) is 7.33. The minimum absolute atomic E-state index is 0.0518. The molecule has 2 aliphatic rings. The van der Waals surface area contributed by atoms with Crippen molar-refractivity contribution in [1.29, 1.82) is 0 Å². The Morgan fingerprint density at radius 2 is 1.91 bits per heavy atom. The van der Waals surface area contributed by atoms with Gasteiger partial charge in [0, 0.05) is 5.56 Å². The van der Waals surface area contributed by atoms with Gasteiger partial charge in [-0.1, -0.05) is 23.4 Å². The standard InChI is InChI=1S/C22H19FN4O5/c1-12-3-4-13(9-15(12)23)19-24-18(32-26-19)11-27-20(28)22(2,25-21(27)29)14-5-6-16-17(10-14)31-8-7-30-16/h3-6,9-10H,7-8,11H2,1-2H3,(H,25,29). The highest BCUT2D eigenvalue weighted by atomic mass is 19.1. The first kappa shape index (κ1) is 20.0. The molecule has 1 aromatic heterocycles. The first-order chi connectivity index (χ1) is 15.3. The SMILES string of the molecule is Cc1ccc(-c2noc(CN3C(=O)NC(C)(c4ccc5c(c4)OCCO5)C3=O)n2)cc1F. The van der Waals surface area contributed by atoms with E-state index in [1.165, 1.54) is 6.07 Å². The number of hydrogen-bond donors (Lipinski definition) is 1. The second-order valence-electron chi connectivity index (χ2n) is 7.78. The highest BCUT2D eigenvalue weighted by molar-refractivity contribution is 6.07. The molecular formula is C22H19FN4O5. The Morgan fingerprint density at radius 3 is 2.69 bits per heavy atom. The number of fused-ring (bicyclic) bond motifs is 1. The van der Waals surface area contributed by atoms with Crippen LogP contribution in [0.4, 0.5) is 9.18 Å². The maximum absolute atomic E-state index is 13.8. The number of aromatic nitrogens is 2. The van der Waals surface area contributed by atoms with Crippen LogP contribution in [-0.2, 0) is 16.9 Å². The lowest BCUT2D eigenvalue weighted by Crippen LogP contribution is -2.41. The fourth-order valence-corrected chi connectivity index (χ4v) is 3.69. The van der Waals surface area contributed by atoms with Crippen molar-refractivity contribution < 1.29 is 28.0 Å². The molecule has 9 nitrogen and oxygen atoms in total. The Hall–Kier alpha value is -3.95. The molecule has 1 N–H and O–H groups in total. The predicted octanol–water partition coefficient (Wildman–Crippen LogP) is 2.92. The maximum atomic E-state index is 13.8. The first-order valence-electron chi connectivity index (χ1n) is 9.98. The summed E-state index contributed by atoms with van der Waals surface area (Å²) in [5.41, 5.74) is 0.191. The molecule has 0 saturated carbocycles. The van der Waals surface area contributed by atoms with Gasteiger partial charge in [-0.3, -0.25) is 9.69 Å². The molecule has 5 rings (SSSR count). The molecule has 1 saturated heterocycles. The number of nitrogens with one attached hydrogen (secondary N) is 1. The minimum atomic E-state index is -1.30. The number of carbonyl (C=O) groups excluding carboxylic acids is 2. The summed E-state index contributed by atoms with van der Waals surface area (Å²) in [5, 5.41) is 6.57. The summed E-state index contributed by atoms with van der Waals surface area (Å²) in [4.78, 5) is 31.0. The quantitative estimate of drug-likeness (QED) is 0.624. The fraction of sp³-hybridized carbons (Fsp3) is 0.273. The molecule has 0 spiro atoms. The molecule has 2 aliphatic heterocycles. The van der Waals surface area contributed by atoms with Crippen molar-refractivity contribution in [3.8, 4) is 22.9 Å². The summed E-state index contributed by atoms with van der Waals surface area (Å²) in [6.45, 7) is 3.91. The van der Waals surface area contributed by atoms with Crippen molar-refractivity contribution in [3.05, 3.63) is 59.2 Å². The molecule has 2 aromatic carbocycles. The summed E-state index contributed by atoms with van der Waals surface area (Å²) in [6, 6.07) is 9.10. The van der Waals surface area contributed by atoms with Crippen LogP contribution in [0.2, 0.25) is 0 Å². The van der Waals surface area contributed by atoms with Gasteiger partial charge >= 0.3 is 6.03 Å². The zero-order chi connectivity index (χ0) is 22.5. The average molecular weight is 438 g/mol. The number of ether oxygens (including phenoxy) is 2. The third kappa shape index (κ3) is 3.24. The summed E-state index contributed by atoms with van der Waals surface area (Å²) in [7, 11) is 0. The minimum Gasteiger partial charge on any atom is -0.486 e. The average Bonchev–Trinajstić information content (AvgIpc) is 3.34. The summed E-state index contributed by atoms with van der Waals surface area (Å²) < 4.78 is 30.2. The van der Waals surface area contributed by atoms with E-state index in [1.54, 1.807) is 44.2 Å². The van der Waals surface area contributed by atoms with E-state index in [9.17, 15) is 14.0 Å². The number of aryl methyl sites for hydroxylation is 1. The Balaban J connectivity index is 1.38. The van der Waals surface area contributed by atoms with Gasteiger partial charge in [0.1, 0.15) is 31.1 Å². The van der Waals surface area contributed by atoms with Crippen molar-refractivity contribution in [2.24, 2.45) is 0 Å². The largest absolute Gasteiger partial charge is 0.486 e. The van der Waals surface area contributed by atoms with Crippen molar-refractivity contribution >= 4 is 11.9 Å². The van der Waals surface area contributed by atoms with E-state index in [0.29, 0.717) is 41.4 Å². The van der Waals surface area contributed by atoms with Crippen molar-refractivity contribution in [3.63, 3.8) is 0 Å². The number of hydrogen-bond acceptors (Lipinski definition) is 7. The van der Waals surface area contributed by atoms with E-state index >= 15 is 0 Å². The Kier molecular flexibility index (Phi) is 4.58. The van der Waals surface area contributed by atoms with Gasteiger partial charge in [-0.15, -0.1) is 0 Å². The number of nitrogens with zero attached hydrogens (tertiary/aromatic N) is 3. The van der Waals surface area contributed by atoms with E-state index in [4.69, 9.17) is 14.0 Å². The molecule has 1 atom stereocenters. The van der Waals surface area contributed by atoms with Crippen LogP contribution in [0.25, 0.3) is 11.4 Å². The lowest BCUT2D eigenvalue weighted by atomic mass is 9.91. The van der Waals surface area contributed by atoms with Crippen molar-refractivity contribution in [2.45, 2.75) is 25.9 Å². The van der Waals surface area contributed by atoms with Crippen molar-refractivity contribution in [2.75, 3.05) is 13.2 Å². The van der Waals surface area contributed by atoms with E-state index in [0.717, 1.165) is 4.90 Å². The molecule has 0 bridgehead atoms. The van der Waals surface area contributed by atoms with Crippen LogP contribution in [0.3, 0.4) is 0 Å². The normalized spacial score (nSPS) is 19.9. The van der Waals surface area contributed by atoms with Gasteiger partial charge < -0.3 is 19.3 Å². The molecule has 10 heteroatoms. The highest BCUT2D eigenvalue weighted by Gasteiger charge is 2.49. The monoisotopic (exact) mass is 438 g/mol. The molecule has 1 fully saturated rings. The zero-order valence-electron chi connectivity index (χ0n) is 17.3. The van der Waals surface area contributed by atoms with E-state index < -0.39 is 23.3 Å². The van der Waals surface area contributed by atoms with Gasteiger partial charge in [0.05, 0.1) is 0 Å². The van der Waals surface area contributed by atoms with Crippen LogP contribution in [-0.4, -0.2) is 40.2 Å². The van der Waals surface area contributed by atoms with E-state index in [1.807, 2.05) is 0 Å². The van der Waals surface area contributed by atoms with Crippen LogP contribution in [0.1, 0.15) is 23.9 Å². The molecule has 3 aromatic rings. The lowest BCUT2D eigenvalue weighted by Gasteiger charge is -2.25. The van der Waals surface area contributed by atoms with Crippen LogP contribution in [0.5, 0.6) is 11.5 Å². The summed E-state index contributed by atoms with van der Waals surface area (Å²) >= 11 is 0. The fourth-order valence-electron chi connectivity index (χ4n) is 3.69. The maximum Gasteiger partial charge on any atom is 0.325 e. The lowest BCUT2D eigenvalue weighted by molar-refractivity contribution is -0.131. The van der Waals surface area contributed by atoms with Crippen LogP contribution in [0.15, 0.2) is 40.9 Å². The van der Waals surface area contributed by atoms with E-state index in [2.05, 4.69) is 15.5 Å². The molecular weight excluding hydrogens is 419 g/mol. The van der Waals surface area contributed by atoms with Crippen LogP contribution in [0, 0.1) is 12.7 Å². The summed E-state index contributed by atoms with van der Waals surface area (Å²) in [6.07, 6.45) is 0. The third-order valence-corrected chi connectivity index (χ3v) is 5.59. The molecule has 164 valence electrons. The number of benzene rings is 2. The number of imide groups is 1. The van der Waals surface area contributed by atoms with Gasteiger partial charge in [-0.25, -0.2) is 9.18 Å².